The third-order valence-corrected chi connectivity index (χ3v) is 2.74. The molecule has 0 spiro atoms. The van der Waals surface area contributed by atoms with Crippen molar-refractivity contribution in [2.45, 2.75) is 32.0 Å². The van der Waals surface area contributed by atoms with Crippen LogP contribution >= 0.6 is 0 Å². The molecule has 0 radical (unpaired) electrons. The summed E-state index contributed by atoms with van der Waals surface area (Å²) in [7, 11) is 0. The first kappa shape index (κ1) is 10.5. The van der Waals surface area contributed by atoms with Crippen LogP contribution in [0.25, 0.3) is 0 Å². The normalized spacial score (nSPS) is 20.9. The number of benzene rings is 1. The van der Waals surface area contributed by atoms with Crippen molar-refractivity contribution in [3.05, 3.63) is 29.3 Å². The Morgan fingerprint density at radius 2 is 2.40 bits per heavy atom. The van der Waals surface area contributed by atoms with Gasteiger partial charge < -0.3 is 15.6 Å². The smallest absolute Gasteiger partial charge is 0.123 e. The summed E-state index contributed by atoms with van der Waals surface area (Å²) in [6, 6.07) is 5.88. The zero-order chi connectivity index (χ0) is 10.8. The van der Waals surface area contributed by atoms with Gasteiger partial charge in [0.25, 0.3) is 0 Å². The quantitative estimate of drug-likeness (QED) is 0.787. The highest BCUT2D eigenvalue weighted by molar-refractivity contribution is 5.41. The maximum Gasteiger partial charge on any atom is 0.123 e. The highest BCUT2D eigenvalue weighted by atomic mass is 16.5. The molecule has 1 unspecified atom stereocenters. The van der Waals surface area contributed by atoms with E-state index in [1.54, 1.807) is 0 Å². The topological polar surface area (TPSA) is 55.5 Å². The number of hydrogen-bond donors (Lipinski definition) is 2. The van der Waals surface area contributed by atoms with Crippen molar-refractivity contribution in [1.82, 2.24) is 0 Å². The highest BCUT2D eigenvalue weighted by Gasteiger charge is 2.20. The van der Waals surface area contributed by atoms with Crippen molar-refractivity contribution in [3.63, 3.8) is 0 Å². The van der Waals surface area contributed by atoms with E-state index in [1.807, 2.05) is 18.2 Å². The van der Waals surface area contributed by atoms with Crippen LogP contribution in [0.2, 0.25) is 0 Å². The largest absolute Gasteiger partial charge is 0.490 e. The first-order chi connectivity index (χ1) is 7.20. The molecule has 3 nitrogen and oxygen atoms in total. The van der Waals surface area contributed by atoms with Crippen molar-refractivity contribution in [3.8, 4) is 5.75 Å². The molecule has 3 N–H and O–H groups in total. The summed E-state index contributed by atoms with van der Waals surface area (Å²) in [5.41, 5.74) is 7.55. The van der Waals surface area contributed by atoms with Crippen LogP contribution in [-0.2, 0) is 6.42 Å². The molecule has 0 fully saturated rings. The third kappa shape index (κ3) is 2.13. The van der Waals surface area contributed by atoms with Gasteiger partial charge in [0.15, 0.2) is 0 Å². The Kier molecular flexibility index (Phi) is 2.93. The second-order valence-corrected chi connectivity index (χ2v) is 4.09. The molecular formula is C12H17NO2. The van der Waals surface area contributed by atoms with Gasteiger partial charge in [-0.3, -0.25) is 0 Å². The number of aliphatic hydroxyl groups is 1. The van der Waals surface area contributed by atoms with Gasteiger partial charge in [-0.05, 0) is 43.1 Å². The summed E-state index contributed by atoms with van der Waals surface area (Å²) in [6.07, 6.45) is 1.34. The Morgan fingerprint density at radius 1 is 1.60 bits per heavy atom. The SMILES string of the molecule is CC1Cc2cc([C@H](O)CCN)ccc2O1. The minimum absolute atomic E-state index is 0.252. The molecule has 2 atom stereocenters. The summed E-state index contributed by atoms with van der Waals surface area (Å²) in [5, 5.41) is 9.80. The van der Waals surface area contributed by atoms with Crippen LogP contribution in [-0.4, -0.2) is 17.8 Å². The van der Waals surface area contributed by atoms with Gasteiger partial charge in [-0.2, -0.15) is 0 Å². The molecule has 0 saturated carbocycles. The molecule has 1 aromatic carbocycles. The van der Waals surface area contributed by atoms with Crippen molar-refractivity contribution in [2.75, 3.05) is 6.54 Å². The summed E-state index contributed by atoms with van der Waals surface area (Å²) in [4.78, 5) is 0. The van der Waals surface area contributed by atoms with E-state index in [4.69, 9.17) is 10.5 Å². The van der Waals surface area contributed by atoms with Crippen LogP contribution < -0.4 is 10.5 Å². The van der Waals surface area contributed by atoms with Gasteiger partial charge in [0.2, 0.25) is 0 Å². The minimum Gasteiger partial charge on any atom is -0.490 e. The van der Waals surface area contributed by atoms with Crippen molar-refractivity contribution >= 4 is 0 Å². The van der Waals surface area contributed by atoms with E-state index in [9.17, 15) is 5.11 Å². The van der Waals surface area contributed by atoms with E-state index in [0.717, 1.165) is 17.7 Å². The molecular weight excluding hydrogens is 190 g/mol. The second-order valence-electron chi connectivity index (χ2n) is 4.09. The van der Waals surface area contributed by atoms with Gasteiger partial charge in [0, 0.05) is 6.42 Å². The van der Waals surface area contributed by atoms with Gasteiger partial charge >= 0.3 is 0 Å². The molecule has 15 heavy (non-hydrogen) atoms. The van der Waals surface area contributed by atoms with E-state index in [0.29, 0.717) is 13.0 Å². The molecule has 0 aromatic heterocycles. The van der Waals surface area contributed by atoms with Crippen LogP contribution in [0.1, 0.15) is 30.6 Å². The first-order valence-corrected chi connectivity index (χ1v) is 5.38. The van der Waals surface area contributed by atoms with E-state index >= 15 is 0 Å². The molecule has 1 aromatic rings. The van der Waals surface area contributed by atoms with E-state index in [-0.39, 0.29) is 6.10 Å². The van der Waals surface area contributed by atoms with Gasteiger partial charge in [-0.25, -0.2) is 0 Å². The average molecular weight is 207 g/mol. The van der Waals surface area contributed by atoms with Gasteiger partial charge in [0.1, 0.15) is 11.9 Å². The lowest BCUT2D eigenvalue weighted by Crippen LogP contribution is -2.06. The monoisotopic (exact) mass is 207 g/mol. The number of ether oxygens (including phenoxy) is 1. The van der Waals surface area contributed by atoms with Gasteiger partial charge in [-0.1, -0.05) is 6.07 Å². The third-order valence-electron chi connectivity index (χ3n) is 2.74. The lowest BCUT2D eigenvalue weighted by molar-refractivity contribution is 0.170. The van der Waals surface area contributed by atoms with Crippen molar-refractivity contribution < 1.29 is 9.84 Å². The Labute approximate surface area is 89.9 Å². The maximum atomic E-state index is 9.80. The summed E-state index contributed by atoms with van der Waals surface area (Å²) >= 11 is 0. The molecule has 3 heteroatoms. The number of nitrogens with two attached hydrogens (primary N) is 1. The van der Waals surface area contributed by atoms with Gasteiger partial charge in [-0.15, -0.1) is 0 Å². The second kappa shape index (κ2) is 4.21. The Morgan fingerprint density at radius 3 is 3.13 bits per heavy atom. The van der Waals surface area contributed by atoms with E-state index in [1.165, 1.54) is 5.56 Å². The van der Waals surface area contributed by atoms with Crippen LogP contribution in [0, 0.1) is 0 Å². The number of fused-ring (bicyclic) bond motifs is 1. The molecule has 0 aliphatic carbocycles. The summed E-state index contributed by atoms with van der Waals surface area (Å²) in [5.74, 6) is 0.950. The predicted octanol–water partition coefficient (Wildman–Crippen LogP) is 1.39. The standard InChI is InChI=1S/C12H17NO2/c1-8-6-10-7-9(11(14)4-5-13)2-3-12(10)15-8/h2-3,7-8,11,14H,4-6,13H2,1H3/t8?,11-/m1/s1. The zero-order valence-corrected chi connectivity index (χ0v) is 8.94. The number of rotatable bonds is 3. The molecule has 1 aliphatic heterocycles. The first-order valence-electron chi connectivity index (χ1n) is 5.38. The molecule has 1 aliphatic rings. The molecule has 0 amide bonds. The maximum absolute atomic E-state index is 9.80. The fourth-order valence-corrected chi connectivity index (χ4v) is 1.97. The molecule has 0 saturated heterocycles. The fourth-order valence-electron chi connectivity index (χ4n) is 1.97. The molecule has 82 valence electrons. The van der Waals surface area contributed by atoms with Gasteiger partial charge in [0.05, 0.1) is 6.10 Å². The fraction of sp³-hybridized carbons (Fsp3) is 0.500. The lowest BCUT2D eigenvalue weighted by Gasteiger charge is -2.10. The predicted molar refractivity (Wildman–Crippen MR) is 58.9 cm³/mol. The van der Waals surface area contributed by atoms with Crippen LogP contribution in [0.4, 0.5) is 0 Å². The number of aliphatic hydroxyl groups excluding tert-OH is 1. The Balaban J connectivity index is 2.19. The van der Waals surface area contributed by atoms with Crippen molar-refractivity contribution in [1.29, 1.82) is 0 Å². The van der Waals surface area contributed by atoms with Crippen LogP contribution in [0.15, 0.2) is 18.2 Å². The summed E-state index contributed by atoms with van der Waals surface area (Å²) < 4.78 is 5.60. The average Bonchev–Trinajstić information content (AvgIpc) is 2.57. The lowest BCUT2D eigenvalue weighted by atomic mass is 10.0. The Hall–Kier alpha value is -1.06. The number of hydrogen-bond acceptors (Lipinski definition) is 3. The Bertz CT molecular complexity index is 351. The molecule has 1 heterocycles. The highest BCUT2D eigenvalue weighted by Crippen LogP contribution is 2.31. The zero-order valence-electron chi connectivity index (χ0n) is 8.94. The summed E-state index contributed by atoms with van der Waals surface area (Å²) in [6.45, 7) is 2.56. The van der Waals surface area contributed by atoms with Crippen molar-refractivity contribution in [2.24, 2.45) is 5.73 Å². The molecule has 0 bridgehead atoms. The minimum atomic E-state index is -0.448. The molecule has 2 rings (SSSR count). The van der Waals surface area contributed by atoms with Crippen LogP contribution in [0.5, 0.6) is 5.75 Å². The van der Waals surface area contributed by atoms with Crippen LogP contribution in [0.3, 0.4) is 0 Å². The van der Waals surface area contributed by atoms with E-state index in [2.05, 4.69) is 6.92 Å². The van der Waals surface area contributed by atoms with E-state index < -0.39 is 6.10 Å².